The monoisotopic (exact) mass is 401 g/mol. The molecule has 0 aliphatic carbocycles. The van der Waals surface area contributed by atoms with Gasteiger partial charge in [-0.2, -0.15) is 0 Å². The highest BCUT2D eigenvalue weighted by Crippen LogP contribution is 2.29. The number of nitrogens with one attached hydrogen (secondary N) is 1. The highest BCUT2D eigenvalue weighted by molar-refractivity contribution is 7.13. The Morgan fingerprint density at radius 3 is 2.59 bits per heavy atom. The zero-order valence-electron chi connectivity index (χ0n) is 15.2. The van der Waals surface area contributed by atoms with Gasteiger partial charge in [0.1, 0.15) is 10.8 Å². The first-order valence-corrected chi connectivity index (χ1v) is 9.76. The molecule has 0 radical (unpaired) electrons. The van der Waals surface area contributed by atoms with Crippen LogP contribution in [0.15, 0.2) is 84.5 Å². The molecule has 29 heavy (non-hydrogen) atoms. The molecule has 1 amide bonds. The molecular weight excluding hydrogens is 385 g/mol. The quantitative estimate of drug-likeness (QED) is 0.439. The first kappa shape index (κ1) is 18.7. The zero-order valence-corrected chi connectivity index (χ0v) is 16.1. The Labute approximate surface area is 171 Å². The molecule has 0 atom stereocenters. The normalized spacial score (nSPS) is 10.9. The third-order valence-electron chi connectivity index (χ3n) is 4.15. The highest BCUT2D eigenvalue weighted by Gasteiger charge is 2.08. The van der Waals surface area contributed by atoms with Crippen LogP contribution in [0.2, 0.25) is 0 Å². The fourth-order valence-corrected chi connectivity index (χ4v) is 3.55. The number of pyridine rings is 1. The second-order valence-corrected chi connectivity index (χ2v) is 7.09. The molecule has 0 bridgehead atoms. The molecule has 0 saturated heterocycles. The second kappa shape index (κ2) is 8.58. The molecule has 0 fully saturated rings. The summed E-state index contributed by atoms with van der Waals surface area (Å²) in [5.41, 5.74) is 4.21. The molecule has 2 aromatic carbocycles. The van der Waals surface area contributed by atoms with E-state index < -0.39 is 0 Å². The number of carbonyl (C=O) groups excluding carboxylic acids is 1. The van der Waals surface area contributed by atoms with Crippen LogP contribution >= 0.6 is 11.3 Å². The van der Waals surface area contributed by atoms with Gasteiger partial charge in [0.2, 0.25) is 5.91 Å². The summed E-state index contributed by atoms with van der Waals surface area (Å²) in [4.78, 5) is 20.9. The molecule has 2 heterocycles. The van der Waals surface area contributed by atoms with Crippen LogP contribution in [-0.4, -0.2) is 15.9 Å². The largest absolute Gasteiger partial charge is 0.322 e. The summed E-state index contributed by atoms with van der Waals surface area (Å²) in [5, 5.41) is 5.75. The summed E-state index contributed by atoms with van der Waals surface area (Å²) in [6.07, 6.45) is 6.54. The molecule has 4 nitrogen and oxygen atoms in total. The number of hydrogen-bond acceptors (Lipinski definition) is 4. The van der Waals surface area contributed by atoms with E-state index in [-0.39, 0.29) is 11.7 Å². The van der Waals surface area contributed by atoms with Crippen molar-refractivity contribution >= 4 is 29.0 Å². The lowest BCUT2D eigenvalue weighted by Gasteiger charge is -2.04. The van der Waals surface area contributed by atoms with Crippen molar-refractivity contribution in [2.24, 2.45) is 0 Å². The highest BCUT2D eigenvalue weighted by atomic mass is 32.1. The van der Waals surface area contributed by atoms with Gasteiger partial charge in [-0.25, -0.2) is 9.37 Å². The van der Waals surface area contributed by atoms with E-state index in [9.17, 15) is 9.18 Å². The van der Waals surface area contributed by atoms with E-state index in [0.29, 0.717) is 5.69 Å². The van der Waals surface area contributed by atoms with Crippen LogP contribution in [0.5, 0.6) is 0 Å². The van der Waals surface area contributed by atoms with Gasteiger partial charge in [0.25, 0.3) is 0 Å². The average Bonchev–Trinajstić information content (AvgIpc) is 3.25. The predicted octanol–water partition coefficient (Wildman–Crippen LogP) is 5.66. The van der Waals surface area contributed by atoms with Gasteiger partial charge in [0, 0.05) is 40.7 Å². The number of aromatic nitrogens is 2. The number of thiazole rings is 1. The number of anilines is 1. The number of nitrogens with zero attached hydrogens (tertiary/aromatic N) is 2. The summed E-state index contributed by atoms with van der Waals surface area (Å²) >= 11 is 1.56. The Balaban J connectivity index is 1.47. The maximum absolute atomic E-state index is 12.9. The number of rotatable bonds is 5. The summed E-state index contributed by atoms with van der Waals surface area (Å²) in [7, 11) is 0. The maximum atomic E-state index is 12.9. The summed E-state index contributed by atoms with van der Waals surface area (Å²) in [5.74, 6) is -0.570. The Morgan fingerprint density at radius 1 is 1.00 bits per heavy atom. The van der Waals surface area contributed by atoms with Crippen LogP contribution in [0.25, 0.3) is 27.9 Å². The summed E-state index contributed by atoms with van der Waals surface area (Å²) in [6.45, 7) is 0. The lowest BCUT2D eigenvalue weighted by Crippen LogP contribution is -2.07. The molecule has 0 saturated carbocycles. The van der Waals surface area contributed by atoms with Gasteiger partial charge in [-0.05, 0) is 48.0 Å². The van der Waals surface area contributed by atoms with Crippen molar-refractivity contribution in [3.63, 3.8) is 0 Å². The van der Waals surface area contributed by atoms with Crippen LogP contribution in [0, 0.1) is 5.82 Å². The molecule has 0 spiro atoms. The van der Waals surface area contributed by atoms with Gasteiger partial charge >= 0.3 is 0 Å². The standard InChI is InChI=1S/C23H16FN3OS/c24-19-7-4-16(5-8-19)6-9-22(28)26-20-3-1-2-18(14-20)21-15-29-23(27-21)17-10-12-25-13-11-17/h1-15H,(H,26,28)/b9-6+. The van der Waals surface area contributed by atoms with Crippen molar-refractivity contribution in [1.29, 1.82) is 0 Å². The Kier molecular flexibility index (Phi) is 5.54. The predicted molar refractivity (Wildman–Crippen MR) is 115 cm³/mol. The molecule has 6 heteroatoms. The van der Waals surface area contributed by atoms with Gasteiger partial charge in [-0.3, -0.25) is 9.78 Å². The van der Waals surface area contributed by atoms with Crippen LogP contribution < -0.4 is 5.32 Å². The van der Waals surface area contributed by atoms with Gasteiger partial charge in [-0.1, -0.05) is 24.3 Å². The average molecular weight is 401 g/mol. The SMILES string of the molecule is O=C(/C=C/c1ccc(F)cc1)Nc1cccc(-c2csc(-c3ccncc3)n2)c1. The minimum atomic E-state index is -0.308. The lowest BCUT2D eigenvalue weighted by atomic mass is 10.1. The molecule has 0 unspecified atom stereocenters. The van der Waals surface area contributed by atoms with Crippen molar-refractivity contribution in [3.8, 4) is 21.8 Å². The number of carbonyl (C=O) groups is 1. The number of hydrogen-bond donors (Lipinski definition) is 1. The van der Waals surface area contributed by atoms with Crippen LogP contribution in [0.4, 0.5) is 10.1 Å². The van der Waals surface area contributed by atoms with Crippen molar-refractivity contribution in [3.05, 3.63) is 95.9 Å². The van der Waals surface area contributed by atoms with Crippen molar-refractivity contribution in [1.82, 2.24) is 9.97 Å². The van der Waals surface area contributed by atoms with Gasteiger partial charge in [-0.15, -0.1) is 11.3 Å². The summed E-state index contributed by atoms with van der Waals surface area (Å²) in [6, 6.07) is 17.3. The zero-order chi connectivity index (χ0) is 20.1. The molecule has 142 valence electrons. The Morgan fingerprint density at radius 2 is 1.79 bits per heavy atom. The van der Waals surface area contributed by atoms with Crippen LogP contribution in [0.1, 0.15) is 5.56 Å². The van der Waals surface area contributed by atoms with Crippen molar-refractivity contribution < 1.29 is 9.18 Å². The fourth-order valence-electron chi connectivity index (χ4n) is 2.72. The van der Waals surface area contributed by atoms with Crippen molar-refractivity contribution in [2.45, 2.75) is 0 Å². The van der Waals surface area contributed by atoms with Crippen LogP contribution in [-0.2, 0) is 4.79 Å². The molecule has 4 rings (SSSR count). The van der Waals surface area contributed by atoms with E-state index in [0.717, 1.165) is 27.4 Å². The Bertz CT molecular complexity index is 1150. The minimum Gasteiger partial charge on any atom is -0.322 e. The van der Waals surface area contributed by atoms with Gasteiger partial charge in [0.15, 0.2) is 0 Å². The smallest absolute Gasteiger partial charge is 0.248 e. The Hall–Kier alpha value is -3.64. The molecule has 0 aliphatic rings. The number of amides is 1. The van der Waals surface area contributed by atoms with Crippen molar-refractivity contribution in [2.75, 3.05) is 5.32 Å². The van der Waals surface area contributed by atoms with Gasteiger partial charge < -0.3 is 5.32 Å². The molecular formula is C23H16FN3OS. The number of halogens is 1. The fraction of sp³-hybridized carbons (Fsp3) is 0. The van der Waals surface area contributed by atoms with E-state index in [1.54, 1.807) is 41.9 Å². The van der Waals surface area contributed by atoms with Gasteiger partial charge in [0.05, 0.1) is 5.69 Å². The second-order valence-electron chi connectivity index (χ2n) is 6.23. The van der Waals surface area contributed by atoms with E-state index in [2.05, 4.69) is 15.3 Å². The lowest BCUT2D eigenvalue weighted by molar-refractivity contribution is -0.111. The maximum Gasteiger partial charge on any atom is 0.248 e. The molecule has 4 aromatic rings. The minimum absolute atomic E-state index is 0.262. The molecule has 0 aliphatic heterocycles. The van der Waals surface area contributed by atoms with E-state index in [1.165, 1.54) is 18.2 Å². The third-order valence-corrected chi connectivity index (χ3v) is 5.05. The first-order valence-electron chi connectivity index (χ1n) is 8.88. The first-order chi connectivity index (χ1) is 14.2. The number of benzene rings is 2. The van der Waals surface area contributed by atoms with E-state index in [4.69, 9.17) is 0 Å². The van der Waals surface area contributed by atoms with Crippen LogP contribution in [0.3, 0.4) is 0 Å². The third kappa shape index (κ3) is 4.80. The van der Waals surface area contributed by atoms with E-state index >= 15 is 0 Å². The summed E-state index contributed by atoms with van der Waals surface area (Å²) < 4.78 is 12.9. The molecule has 1 N–H and O–H groups in total. The van der Waals surface area contributed by atoms with E-state index in [1.807, 2.05) is 41.8 Å². The topological polar surface area (TPSA) is 54.9 Å². The molecule has 2 aromatic heterocycles.